The zero-order valence-electron chi connectivity index (χ0n) is 9.78. The average Bonchev–Trinajstić information content (AvgIpc) is 3.07. The van der Waals surface area contributed by atoms with E-state index in [1.165, 1.54) is 0 Å². The molecule has 1 aromatic carbocycles. The van der Waals surface area contributed by atoms with Gasteiger partial charge in [-0.3, -0.25) is 4.98 Å². The van der Waals surface area contributed by atoms with Gasteiger partial charge in [0.2, 0.25) is 0 Å². The maximum absolute atomic E-state index is 9.75. The van der Waals surface area contributed by atoms with Crippen molar-refractivity contribution in [3.63, 3.8) is 0 Å². The number of para-hydroxylation sites is 1. The van der Waals surface area contributed by atoms with Crippen LogP contribution < -0.4 is 5.73 Å². The van der Waals surface area contributed by atoms with Crippen molar-refractivity contribution in [1.29, 1.82) is 0 Å². The number of phenols is 1. The third kappa shape index (κ3) is 2.33. The fourth-order valence-electron chi connectivity index (χ4n) is 2.06. The lowest BCUT2D eigenvalue weighted by atomic mass is 10.1. The zero-order chi connectivity index (χ0) is 11.8. The van der Waals surface area contributed by atoms with Crippen LogP contribution in [0.15, 0.2) is 42.6 Å². The number of aromatic hydroxyl groups is 1. The van der Waals surface area contributed by atoms with Gasteiger partial charge in [-0.2, -0.15) is 0 Å². The number of benzene rings is 1. The van der Waals surface area contributed by atoms with E-state index in [1.54, 1.807) is 12.3 Å². The highest BCUT2D eigenvalue weighted by Crippen LogP contribution is 2.38. The molecule has 0 saturated heterocycles. The fraction of sp³-hybridized carbons (Fsp3) is 0.214. The summed E-state index contributed by atoms with van der Waals surface area (Å²) >= 11 is 0. The Hall–Kier alpha value is -1.58. The number of hydrogen-bond acceptors (Lipinski definition) is 3. The van der Waals surface area contributed by atoms with Gasteiger partial charge in [0.25, 0.3) is 0 Å². The summed E-state index contributed by atoms with van der Waals surface area (Å²) in [6.45, 7) is 0. The van der Waals surface area contributed by atoms with Gasteiger partial charge in [-0.25, -0.2) is 0 Å². The number of halogens is 1. The second-order valence-electron chi connectivity index (χ2n) is 4.49. The molecule has 0 amide bonds. The lowest BCUT2D eigenvalue weighted by molar-refractivity contribution is 0.477. The molecule has 3 rings (SSSR count). The summed E-state index contributed by atoms with van der Waals surface area (Å²) in [7, 11) is 0. The molecule has 2 atom stereocenters. The summed E-state index contributed by atoms with van der Waals surface area (Å²) in [5, 5.41) is 9.75. The lowest BCUT2D eigenvalue weighted by Gasteiger charge is -2.05. The molecule has 0 radical (unpaired) electrons. The van der Waals surface area contributed by atoms with Crippen molar-refractivity contribution >= 4 is 12.4 Å². The quantitative estimate of drug-likeness (QED) is 0.875. The van der Waals surface area contributed by atoms with Gasteiger partial charge in [-0.05, 0) is 18.6 Å². The molecule has 4 heteroatoms. The predicted octanol–water partition coefficient (Wildman–Crippen LogP) is 2.69. The van der Waals surface area contributed by atoms with Crippen molar-refractivity contribution in [2.24, 2.45) is 5.73 Å². The number of aromatic nitrogens is 1. The van der Waals surface area contributed by atoms with E-state index in [-0.39, 0.29) is 24.2 Å². The third-order valence-corrected chi connectivity index (χ3v) is 3.22. The summed E-state index contributed by atoms with van der Waals surface area (Å²) in [5.41, 5.74) is 8.59. The molecule has 3 nitrogen and oxygen atoms in total. The van der Waals surface area contributed by atoms with Gasteiger partial charge in [-0.15, -0.1) is 12.4 Å². The van der Waals surface area contributed by atoms with E-state index < -0.39 is 0 Å². The van der Waals surface area contributed by atoms with Crippen LogP contribution >= 0.6 is 12.4 Å². The summed E-state index contributed by atoms with van der Waals surface area (Å²) in [4.78, 5) is 4.42. The lowest BCUT2D eigenvalue weighted by Crippen LogP contribution is -2.01. The molecule has 1 saturated carbocycles. The first-order chi connectivity index (χ1) is 8.25. The Morgan fingerprint density at radius 1 is 1.17 bits per heavy atom. The third-order valence-electron chi connectivity index (χ3n) is 3.22. The highest BCUT2D eigenvalue weighted by molar-refractivity contribution is 5.85. The van der Waals surface area contributed by atoms with Crippen LogP contribution in [0.2, 0.25) is 0 Å². The zero-order valence-corrected chi connectivity index (χ0v) is 10.6. The highest BCUT2D eigenvalue weighted by atomic mass is 35.5. The summed E-state index contributed by atoms with van der Waals surface area (Å²) in [6.07, 6.45) is 2.83. The van der Waals surface area contributed by atoms with Gasteiger partial charge < -0.3 is 10.8 Å². The second-order valence-corrected chi connectivity index (χ2v) is 4.49. The number of nitrogens with zero attached hydrogens (tertiary/aromatic N) is 1. The van der Waals surface area contributed by atoms with Crippen molar-refractivity contribution < 1.29 is 5.11 Å². The van der Waals surface area contributed by atoms with Crippen LogP contribution in [0.4, 0.5) is 0 Å². The summed E-state index contributed by atoms with van der Waals surface area (Å²) in [5.74, 6) is 0.707. The topological polar surface area (TPSA) is 59.1 Å². The number of phenolic OH excluding ortho intramolecular Hbond substituents is 1. The van der Waals surface area contributed by atoms with Gasteiger partial charge in [0.15, 0.2) is 0 Å². The first kappa shape index (κ1) is 12.9. The second kappa shape index (κ2) is 4.96. The minimum atomic E-state index is 0. The molecule has 0 bridgehead atoms. The van der Waals surface area contributed by atoms with Crippen molar-refractivity contribution in [2.75, 3.05) is 0 Å². The Bertz CT molecular complexity index is 542. The predicted molar refractivity (Wildman–Crippen MR) is 73.9 cm³/mol. The minimum Gasteiger partial charge on any atom is -0.507 e. The van der Waals surface area contributed by atoms with Crippen LogP contribution in [0.1, 0.15) is 18.0 Å². The summed E-state index contributed by atoms with van der Waals surface area (Å²) in [6, 6.07) is 11.5. The Labute approximate surface area is 112 Å². The van der Waals surface area contributed by atoms with Crippen molar-refractivity contribution in [3.05, 3.63) is 48.3 Å². The first-order valence-electron chi connectivity index (χ1n) is 5.75. The van der Waals surface area contributed by atoms with Gasteiger partial charge in [-0.1, -0.05) is 24.3 Å². The molecule has 1 aliphatic rings. The Balaban J connectivity index is 0.00000120. The van der Waals surface area contributed by atoms with Gasteiger partial charge >= 0.3 is 0 Å². The normalized spacial score (nSPS) is 21.2. The van der Waals surface area contributed by atoms with E-state index in [0.717, 1.165) is 23.2 Å². The standard InChI is InChI=1S/C14H14N2O.ClH/c15-12-7-11(12)13-6-5-9(8-16-13)10-3-1-2-4-14(10)17;/h1-6,8,11-12,17H,7,15H2;1H/t11-,12-;/m1./s1. The van der Waals surface area contributed by atoms with Crippen LogP contribution in [-0.2, 0) is 0 Å². The van der Waals surface area contributed by atoms with Crippen LogP contribution in [0, 0.1) is 0 Å². The molecular weight excluding hydrogens is 248 g/mol. The van der Waals surface area contributed by atoms with Gasteiger partial charge in [0, 0.05) is 35.0 Å². The monoisotopic (exact) mass is 262 g/mol. The minimum absolute atomic E-state index is 0. The molecule has 0 aliphatic heterocycles. The number of rotatable bonds is 2. The van der Waals surface area contributed by atoms with E-state index in [4.69, 9.17) is 5.73 Å². The van der Waals surface area contributed by atoms with Gasteiger partial charge in [0.1, 0.15) is 5.75 Å². The van der Waals surface area contributed by atoms with E-state index in [0.29, 0.717) is 5.92 Å². The Kier molecular flexibility index (Phi) is 3.55. The Morgan fingerprint density at radius 3 is 2.44 bits per heavy atom. The molecule has 18 heavy (non-hydrogen) atoms. The van der Waals surface area contributed by atoms with Crippen LogP contribution in [0.3, 0.4) is 0 Å². The van der Waals surface area contributed by atoms with E-state index in [9.17, 15) is 5.11 Å². The van der Waals surface area contributed by atoms with Crippen LogP contribution in [0.25, 0.3) is 11.1 Å². The van der Waals surface area contributed by atoms with E-state index in [2.05, 4.69) is 4.98 Å². The fourth-order valence-corrected chi connectivity index (χ4v) is 2.06. The summed E-state index contributed by atoms with van der Waals surface area (Å²) < 4.78 is 0. The molecular formula is C14H15ClN2O. The maximum Gasteiger partial charge on any atom is 0.123 e. The first-order valence-corrected chi connectivity index (χ1v) is 5.75. The number of hydrogen-bond donors (Lipinski definition) is 2. The van der Waals surface area contributed by atoms with Gasteiger partial charge in [0.05, 0.1) is 0 Å². The van der Waals surface area contributed by atoms with Crippen molar-refractivity contribution in [3.8, 4) is 16.9 Å². The largest absolute Gasteiger partial charge is 0.507 e. The van der Waals surface area contributed by atoms with Crippen LogP contribution in [-0.4, -0.2) is 16.1 Å². The van der Waals surface area contributed by atoms with Crippen LogP contribution in [0.5, 0.6) is 5.75 Å². The Morgan fingerprint density at radius 2 is 1.89 bits per heavy atom. The molecule has 1 heterocycles. The maximum atomic E-state index is 9.75. The molecule has 2 aromatic rings. The smallest absolute Gasteiger partial charge is 0.123 e. The van der Waals surface area contributed by atoms with Crippen molar-refractivity contribution in [1.82, 2.24) is 4.98 Å². The van der Waals surface area contributed by atoms with Crippen molar-refractivity contribution in [2.45, 2.75) is 18.4 Å². The molecule has 0 spiro atoms. The molecule has 94 valence electrons. The highest BCUT2D eigenvalue weighted by Gasteiger charge is 2.35. The molecule has 1 aromatic heterocycles. The van der Waals surface area contributed by atoms with E-state index in [1.807, 2.05) is 30.3 Å². The molecule has 1 aliphatic carbocycles. The molecule has 0 unspecified atom stereocenters. The SMILES string of the molecule is Cl.N[C@@H]1C[C@H]1c1ccc(-c2ccccc2O)cn1. The van der Waals surface area contributed by atoms with E-state index >= 15 is 0 Å². The molecule has 1 fully saturated rings. The molecule has 3 N–H and O–H groups in total. The number of nitrogens with two attached hydrogens (primary N) is 1. The number of pyridine rings is 1. The average molecular weight is 263 g/mol.